The van der Waals surface area contributed by atoms with E-state index >= 15 is 0 Å². The molecule has 1 aromatic carbocycles. The molecule has 1 aliphatic rings. The average molecular weight is 287 g/mol. The van der Waals surface area contributed by atoms with Crippen molar-refractivity contribution in [1.82, 2.24) is 5.32 Å². The fourth-order valence-corrected chi connectivity index (χ4v) is 3.58. The quantitative estimate of drug-likeness (QED) is 0.895. The van der Waals surface area contributed by atoms with E-state index in [1.54, 1.807) is 0 Å². The smallest absolute Gasteiger partial charge is 0.134 e. The number of aryl methyl sites for hydroxylation is 1. The normalized spacial score (nSPS) is 24.3. The fraction of sp³-hybridized carbons (Fsp3) is 0.556. The standard InChI is InChI=1S/C18H25NO2/c1-3-15-16-9-4-5-10-17(16)21-18(15)12(2)19-13-7-6-8-14(20)11-13/h4-5,9-10,12-14,19-20H,3,6-8,11H2,1-2H3. The molecule has 1 aliphatic carbocycles. The number of aliphatic hydroxyl groups is 1. The molecule has 3 nitrogen and oxygen atoms in total. The number of para-hydroxylation sites is 1. The second kappa shape index (κ2) is 6.20. The molecule has 1 fully saturated rings. The van der Waals surface area contributed by atoms with Crippen LogP contribution in [0.25, 0.3) is 11.0 Å². The van der Waals surface area contributed by atoms with Crippen molar-refractivity contribution < 1.29 is 9.52 Å². The predicted octanol–water partition coefficient (Wildman–Crippen LogP) is 3.95. The summed E-state index contributed by atoms with van der Waals surface area (Å²) < 4.78 is 6.10. The molecule has 1 heterocycles. The van der Waals surface area contributed by atoms with E-state index in [0.29, 0.717) is 6.04 Å². The number of fused-ring (bicyclic) bond motifs is 1. The van der Waals surface area contributed by atoms with Crippen LogP contribution >= 0.6 is 0 Å². The van der Waals surface area contributed by atoms with Crippen LogP contribution in [0.1, 0.15) is 56.9 Å². The minimum absolute atomic E-state index is 0.148. The van der Waals surface area contributed by atoms with Gasteiger partial charge >= 0.3 is 0 Å². The molecule has 2 aromatic rings. The van der Waals surface area contributed by atoms with Crippen molar-refractivity contribution in [3.05, 3.63) is 35.6 Å². The summed E-state index contributed by atoms with van der Waals surface area (Å²) in [6, 6.07) is 8.83. The Morgan fingerprint density at radius 1 is 1.33 bits per heavy atom. The van der Waals surface area contributed by atoms with Crippen LogP contribution in [0, 0.1) is 0 Å². The zero-order valence-corrected chi connectivity index (χ0v) is 12.9. The van der Waals surface area contributed by atoms with Crippen molar-refractivity contribution >= 4 is 11.0 Å². The minimum Gasteiger partial charge on any atom is -0.459 e. The third-order valence-corrected chi connectivity index (χ3v) is 4.61. The molecule has 0 saturated heterocycles. The van der Waals surface area contributed by atoms with E-state index in [1.807, 2.05) is 12.1 Å². The molecule has 3 heteroatoms. The van der Waals surface area contributed by atoms with Gasteiger partial charge in [-0.3, -0.25) is 0 Å². The summed E-state index contributed by atoms with van der Waals surface area (Å²) in [7, 11) is 0. The molecule has 0 radical (unpaired) electrons. The number of rotatable bonds is 4. The number of hydrogen-bond acceptors (Lipinski definition) is 3. The second-order valence-electron chi connectivity index (χ2n) is 6.20. The first kappa shape index (κ1) is 14.6. The van der Waals surface area contributed by atoms with Gasteiger partial charge in [0.25, 0.3) is 0 Å². The molecule has 3 atom stereocenters. The molecular formula is C18H25NO2. The zero-order valence-electron chi connectivity index (χ0n) is 12.9. The lowest BCUT2D eigenvalue weighted by molar-refractivity contribution is 0.108. The van der Waals surface area contributed by atoms with Crippen molar-refractivity contribution in [1.29, 1.82) is 0 Å². The molecule has 0 bridgehead atoms. The van der Waals surface area contributed by atoms with Gasteiger partial charge in [0.1, 0.15) is 11.3 Å². The molecule has 1 saturated carbocycles. The lowest BCUT2D eigenvalue weighted by atomic mass is 9.92. The summed E-state index contributed by atoms with van der Waals surface area (Å²) in [6.45, 7) is 4.34. The highest BCUT2D eigenvalue weighted by molar-refractivity contribution is 5.82. The molecule has 2 N–H and O–H groups in total. The van der Waals surface area contributed by atoms with Crippen LogP contribution in [0.5, 0.6) is 0 Å². The van der Waals surface area contributed by atoms with Crippen LogP contribution in [-0.4, -0.2) is 17.3 Å². The van der Waals surface area contributed by atoms with Crippen molar-refractivity contribution in [2.24, 2.45) is 0 Å². The van der Waals surface area contributed by atoms with Gasteiger partial charge in [-0.1, -0.05) is 25.1 Å². The molecule has 114 valence electrons. The Labute approximate surface area is 126 Å². The number of furan rings is 1. The van der Waals surface area contributed by atoms with E-state index in [4.69, 9.17) is 4.42 Å². The van der Waals surface area contributed by atoms with Gasteiger partial charge in [-0.2, -0.15) is 0 Å². The Morgan fingerprint density at radius 2 is 2.14 bits per heavy atom. The van der Waals surface area contributed by atoms with Crippen molar-refractivity contribution in [2.75, 3.05) is 0 Å². The molecule has 0 amide bonds. The lowest BCUT2D eigenvalue weighted by Crippen LogP contribution is -2.37. The Morgan fingerprint density at radius 3 is 2.90 bits per heavy atom. The number of hydrogen-bond donors (Lipinski definition) is 2. The maximum absolute atomic E-state index is 9.81. The van der Waals surface area contributed by atoms with Crippen LogP contribution < -0.4 is 5.32 Å². The largest absolute Gasteiger partial charge is 0.459 e. The molecular weight excluding hydrogens is 262 g/mol. The molecule has 0 aliphatic heterocycles. The Bertz CT molecular complexity index is 604. The first-order valence-electron chi connectivity index (χ1n) is 8.13. The molecule has 21 heavy (non-hydrogen) atoms. The summed E-state index contributed by atoms with van der Waals surface area (Å²) in [6.07, 6.45) is 4.87. The summed E-state index contributed by atoms with van der Waals surface area (Å²) in [5.74, 6) is 1.05. The van der Waals surface area contributed by atoms with E-state index in [2.05, 4.69) is 31.3 Å². The Hall–Kier alpha value is -1.32. The van der Waals surface area contributed by atoms with E-state index in [9.17, 15) is 5.11 Å². The van der Waals surface area contributed by atoms with Gasteiger partial charge < -0.3 is 14.8 Å². The SMILES string of the molecule is CCc1c(C(C)NC2CCCC(O)C2)oc2ccccc12. The number of benzene rings is 1. The van der Waals surface area contributed by atoms with Gasteiger partial charge in [0.05, 0.1) is 12.1 Å². The van der Waals surface area contributed by atoms with E-state index in [-0.39, 0.29) is 12.1 Å². The lowest BCUT2D eigenvalue weighted by Gasteiger charge is -2.29. The van der Waals surface area contributed by atoms with E-state index in [1.165, 1.54) is 10.9 Å². The van der Waals surface area contributed by atoms with Crippen molar-refractivity contribution in [2.45, 2.75) is 64.1 Å². The Kier molecular flexibility index (Phi) is 4.32. The minimum atomic E-state index is -0.148. The van der Waals surface area contributed by atoms with Gasteiger partial charge in [0, 0.05) is 17.0 Å². The van der Waals surface area contributed by atoms with Crippen molar-refractivity contribution in [3.8, 4) is 0 Å². The Balaban J connectivity index is 1.82. The predicted molar refractivity (Wildman–Crippen MR) is 85.4 cm³/mol. The van der Waals surface area contributed by atoms with Crippen molar-refractivity contribution in [3.63, 3.8) is 0 Å². The van der Waals surface area contributed by atoms with Gasteiger partial charge in [-0.15, -0.1) is 0 Å². The molecule has 1 aromatic heterocycles. The van der Waals surface area contributed by atoms with Gasteiger partial charge in [-0.05, 0) is 45.1 Å². The van der Waals surface area contributed by atoms with Gasteiger partial charge in [0.2, 0.25) is 0 Å². The van der Waals surface area contributed by atoms with Crippen LogP contribution in [0.2, 0.25) is 0 Å². The van der Waals surface area contributed by atoms with Crippen LogP contribution in [-0.2, 0) is 6.42 Å². The summed E-state index contributed by atoms with van der Waals surface area (Å²) in [4.78, 5) is 0. The first-order valence-corrected chi connectivity index (χ1v) is 8.13. The van der Waals surface area contributed by atoms with Crippen LogP contribution in [0.3, 0.4) is 0 Å². The van der Waals surface area contributed by atoms with Crippen LogP contribution in [0.4, 0.5) is 0 Å². The van der Waals surface area contributed by atoms with E-state index in [0.717, 1.165) is 43.4 Å². The highest BCUT2D eigenvalue weighted by Gasteiger charge is 2.24. The zero-order chi connectivity index (χ0) is 14.8. The number of nitrogens with one attached hydrogen (secondary N) is 1. The van der Waals surface area contributed by atoms with E-state index < -0.39 is 0 Å². The summed E-state index contributed by atoms with van der Waals surface area (Å²) in [5.41, 5.74) is 2.28. The highest BCUT2D eigenvalue weighted by atomic mass is 16.3. The van der Waals surface area contributed by atoms with Gasteiger partial charge in [-0.25, -0.2) is 0 Å². The number of aliphatic hydroxyl groups excluding tert-OH is 1. The average Bonchev–Trinajstić information content (AvgIpc) is 2.86. The topological polar surface area (TPSA) is 45.4 Å². The molecule has 0 spiro atoms. The fourth-order valence-electron chi connectivity index (χ4n) is 3.58. The monoisotopic (exact) mass is 287 g/mol. The second-order valence-corrected chi connectivity index (χ2v) is 6.20. The first-order chi connectivity index (χ1) is 10.2. The third-order valence-electron chi connectivity index (χ3n) is 4.61. The van der Waals surface area contributed by atoms with Gasteiger partial charge in [0.15, 0.2) is 0 Å². The summed E-state index contributed by atoms with van der Waals surface area (Å²) >= 11 is 0. The highest BCUT2D eigenvalue weighted by Crippen LogP contribution is 2.31. The maximum atomic E-state index is 9.81. The molecule has 3 unspecified atom stereocenters. The van der Waals surface area contributed by atoms with Crippen LogP contribution in [0.15, 0.2) is 28.7 Å². The maximum Gasteiger partial charge on any atom is 0.134 e. The summed E-state index contributed by atoms with van der Waals surface area (Å²) in [5, 5.41) is 14.7. The molecule has 3 rings (SSSR count). The third kappa shape index (κ3) is 2.99.